The number of aromatic nitrogens is 1. The van der Waals surface area contributed by atoms with Crippen molar-refractivity contribution in [2.75, 3.05) is 14.2 Å². The average Bonchev–Trinajstić information content (AvgIpc) is 2.69. The van der Waals surface area contributed by atoms with Gasteiger partial charge in [-0.2, -0.15) is 5.26 Å². The highest BCUT2D eigenvalue weighted by molar-refractivity contribution is 6.30. The molecule has 2 aromatic carbocycles. The minimum atomic E-state index is 0.440. The zero-order valence-electron chi connectivity index (χ0n) is 14.2. The van der Waals surface area contributed by atoms with Crippen LogP contribution in [-0.2, 0) is 0 Å². The summed E-state index contributed by atoms with van der Waals surface area (Å²) in [5, 5.41) is 9.80. The summed E-state index contributed by atoms with van der Waals surface area (Å²) < 4.78 is 16.7. The highest BCUT2D eigenvalue weighted by atomic mass is 35.5. The van der Waals surface area contributed by atoms with Crippen LogP contribution in [0.3, 0.4) is 0 Å². The van der Waals surface area contributed by atoms with Gasteiger partial charge >= 0.3 is 0 Å². The molecule has 5 nitrogen and oxygen atoms in total. The van der Waals surface area contributed by atoms with Gasteiger partial charge in [0.1, 0.15) is 5.75 Å². The summed E-state index contributed by atoms with van der Waals surface area (Å²) in [5.74, 6) is 1.99. The Morgan fingerprint density at radius 2 is 1.73 bits per heavy atom. The van der Waals surface area contributed by atoms with Crippen molar-refractivity contribution in [1.82, 2.24) is 4.98 Å². The van der Waals surface area contributed by atoms with Gasteiger partial charge in [-0.05, 0) is 42.5 Å². The molecule has 26 heavy (non-hydrogen) atoms. The summed E-state index contributed by atoms with van der Waals surface area (Å²) in [6.45, 7) is 0. The van der Waals surface area contributed by atoms with E-state index in [-0.39, 0.29) is 0 Å². The third-order valence-electron chi connectivity index (χ3n) is 3.71. The molecule has 0 amide bonds. The normalized spacial score (nSPS) is 10.1. The zero-order valence-corrected chi connectivity index (χ0v) is 14.9. The van der Waals surface area contributed by atoms with Crippen LogP contribution in [0.4, 0.5) is 0 Å². The van der Waals surface area contributed by atoms with Crippen molar-refractivity contribution in [1.29, 1.82) is 5.26 Å². The Balaban J connectivity index is 2.13. The molecule has 1 aromatic heterocycles. The van der Waals surface area contributed by atoms with Crippen molar-refractivity contribution < 1.29 is 14.2 Å². The van der Waals surface area contributed by atoms with Crippen LogP contribution in [0.1, 0.15) is 5.56 Å². The minimum Gasteiger partial charge on any atom is -0.493 e. The van der Waals surface area contributed by atoms with E-state index in [0.717, 1.165) is 5.56 Å². The van der Waals surface area contributed by atoms with Crippen molar-refractivity contribution in [3.63, 3.8) is 0 Å². The quantitative estimate of drug-likeness (QED) is 0.629. The van der Waals surface area contributed by atoms with Crippen molar-refractivity contribution >= 4 is 11.6 Å². The van der Waals surface area contributed by atoms with Gasteiger partial charge in [0.2, 0.25) is 5.88 Å². The molecular weight excluding hydrogens is 352 g/mol. The van der Waals surface area contributed by atoms with Gasteiger partial charge in [-0.25, -0.2) is 4.98 Å². The van der Waals surface area contributed by atoms with Crippen molar-refractivity contribution in [3.05, 3.63) is 65.3 Å². The lowest BCUT2D eigenvalue weighted by Crippen LogP contribution is -1.95. The van der Waals surface area contributed by atoms with Gasteiger partial charge in [-0.15, -0.1) is 0 Å². The van der Waals surface area contributed by atoms with Crippen LogP contribution in [0.2, 0.25) is 5.02 Å². The fraction of sp³-hybridized carbons (Fsp3) is 0.100. The minimum absolute atomic E-state index is 0.440. The SMILES string of the molecule is COc1cc(Cl)ccc1Oc1ccc(C#N)cc1-c1cccnc1OC. The van der Waals surface area contributed by atoms with Gasteiger partial charge in [-0.1, -0.05) is 11.6 Å². The highest BCUT2D eigenvalue weighted by Gasteiger charge is 2.15. The van der Waals surface area contributed by atoms with Crippen LogP contribution in [0.5, 0.6) is 23.1 Å². The lowest BCUT2D eigenvalue weighted by atomic mass is 10.0. The van der Waals surface area contributed by atoms with E-state index in [1.54, 1.807) is 62.9 Å². The molecule has 6 heteroatoms. The van der Waals surface area contributed by atoms with Crippen molar-refractivity contribution in [3.8, 4) is 40.3 Å². The molecule has 0 spiro atoms. The van der Waals surface area contributed by atoms with Crippen LogP contribution >= 0.6 is 11.6 Å². The molecule has 0 N–H and O–H groups in total. The molecule has 0 fully saturated rings. The zero-order chi connectivity index (χ0) is 18.5. The maximum absolute atomic E-state index is 9.26. The Morgan fingerprint density at radius 3 is 2.46 bits per heavy atom. The lowest BCUT2D eigenvalue weighted by molar-refractivity contribution is 0.379. The molecule has 3 rings (SSSR count). The Labute approximate surface area is 156 Å². The Hall–Kier alpha value is -3.23. The number of nitriles is 1. The maximum atomic E-state index is 9.26. The first-order valence-electron chi connectivity index (χ1n) is 7.71. The molecule has 0 aliphatic heterocycles. The fourth-order valence-electron chi connectivity index (χ4n) is 2.50. The Bertz CT molecular complexity index is 983. The number of methoxy groups -OCH3 is 2. The van der Waals surface area contributed by atoms with E-state index in [0.29, 0.717) is 39.3 Å². The second-order valence-corrected chi connectivity index (χ2v) is 5.72. The van der Waals surface area contributed by atoms with Gasteiger partial charge < -0.3 is 14.2 Å². The summed E-state index contributed by atoms with van der Waals surface area (Å²) in [6.07, 6.45) is 1.64. The van der Waals surface area contributed by atoms with E-state index in [9.17, 15) is 5.26 Å². The van der Waals surface area contributed by atoms with E-state index < -0.39 is 0 Å². The topological polar surface area (TPSA) is 64.4 Å². The third-order valence-corrected chi connectivity index (χ3v) is 3.94. The van der Waals surface area contributed by atoms with Crippen LogP contribution in [0, 0.1) is 11.3 Å². The van der Waals surface area contributed by atoms with E-state index in [1.807, 2.05) is 6.07 Å². The van der Waals surface area contributed by atoms with Crippen molar-refractivity contribution in [2.45, 2.75) is 0 Å². The van der Waals surface area contributed by atoms with Crippen LogP contribution in [0.15, 0.2) is 54.7 Å². The second kappa shape index (κ2) is 7.77. The molecule has 3 aromatic rings. The van der Waals surface area contributed by atoms with E-state index in [2.05, 4.69) is 11.1 Å². The van der Waals surface area contributed by atoms with E-state index in [4.69, 9.17) is 25.8 Å². The maximum Gasteiger partial charge on any atom is 0.221 e. The first kappa shape index (κ1) is 17.6. The standard InChI is InChI=1S/C20H15ClN2O3/c1-24-19-11-14(21)6-8-18(19)26-17-7-5-13(12-22)10-16(17)15-4-3-9-23-20(15)25-2/h3-11H,1-2H3. The number of hydrogen-bond donors (Lipinski definition) is 0. The predicted molar refractivity (Wildman–Crippen MR) is 99.0 cm³/mol. The number of ether oxygens (including phenoxy) is 3. The van der Waals surface area contributed by atoms with Gasteiger partial charge in [-0.3, -0.25) is 0 Å². The third kappa shape index (κ3) is 3.56. The molecule has 0 bridgehead atoms. The second-order valence-electron chi connectivity index (χ2n) is 5.28. The summed E-state index contributed by atoms with van der Waals surface area (Å²) in [5.41, 5.74) is 1.90. The summed E-state index contributed by atoms with van der Waals surface area (Å²) in [6, 6.07) is 16.0. The highest BCUT2D eigenvalue weighted by Crippen LogP contribution is 2.40. The van der Waals surface area contributed by atoms with E-state index in [1.165, 1.54) is 0 Å². The average molecular weight is 367 g/mol. The number of halogens is 1. The molecule has 0 radical (unpaired) electrons. The number of hydrogen-bond acceptors (Lipinski definition) is 5. The molecule has 1 heterocycles. The molecule has 0 atom stereocenters. The Kier molecular flexibility index (Phi) is 5.26. The van der Waals surface area contributed by atoms with Crippen molar-refractivity contribution in [2.24, 2.45) is 0 Å². The smallest absolute Gasteiger partial charge is 0.221 e. The van der Waals surface area contributed by atoms with Gasteiger partial charge in [0, 0.05) is 28.4 Å². The number of nitrogens with zero attached hydrogens (tertiary/aromatic N) is 2. The van der Waals surface area contributed by atoms with Gasteiger partial charge in [0.25, 0.3) is 0 Å². The summed E-state index contributed by atoms with van der Waals surface area (Å²) in [4.78, 5) is 4.22. The van der Waals surface area contributed by atoms with Crippen LogP contribution in [0.25, 0.3) is 11.1 Å². The predicted octanol–water partition coefficient (Wildman–Crippen LogP) is 5.08. The van der Waals surface area contributed by atoms with Gasteiger partial charge in [0.15, 0.2) is 11.5 Å². The number of pyridine rings is 1. The summed E-state index contributed by atoms with van der Waals surface area (Å²) >= 11 is 6.01. The van der Waals surface area contributed by atoms with Crippen LogP contribution < -0.4 is 14.2 Å². The first-order chi connectivity index (χ1) is 12.7. The molecule has 0 aliphatic rings. The molecular formula is C20H15ClN2O3. The first-order valence-corrected chi connectivity index (χ1v) is 8.09. The van der Waals surface area contributed by atoms with Crippen LogP contribution in [-0.4, -0.2) is 19.2 Å². The monoisotopic (exact) mass is 366 g/mol. The molecule has 0 saturated heterocycles. The molecule has 0 saturated carbocycles. The molecule has 130 valence electrons. The molecule has 0 aliphatic carbocycles. The Morgan fingerprint density at radius 1 is 0.923 bits per heavy atom. The lowest BCUT2D eigenvalue weighted by Gasteiger charge is -2.15. The number of rotatable bonds is 5. The largest absolute Gasteiger partial charge is 0.493 e. The molecule has 0 unspecified atom stereocenters. The van der Waals surface area contributed by atoms with E-state index >= 15 is 0 Å². The summed E-state index contributed by atoms with van der Waals surface area (Å²) in [7, 11) is 3.09. The van der Waals surface area contributed by atoms with Gasteiger partial charge in [0.05, 0.1) is 25.9 Å². The fourth-order valence-corrected chi connectivity index (χ4v) is 2.66. The number of benzene rings is 2.